The molecule has 0 atom stereocenters. The van der Waals surface area contributed by atoms with Crippen LogP contribution in [0.1, 0.15) is 5.56 Å². The molecule has 1 aromatic heterocycles. The quantitative estimate of drug-likeness (QED) is 0.685. The third-order valence-electron chi connectivity index (χ3n) is 2.09. The molecule has 0 aliphatic heterocycles. The van der Waals surface area contributed by atoms with Gasteiger partial charge in [-0.15, -0.1) is 0 Å². The van der Waals surface area contributed by atoms with Crippen LogP contribution in [-0.4, -0.2) is 0 Å². The van der Waals surface area contributed by atoms with Gasteiger partial charge in [-0.05, 0) is 18.6 Å². The first kappa shape index (κ1) is 8.75. The highest BCUT2D eigenvalue weighted by Crippen LogP contribution is 2.17. The Labute approximate surface area is 81.8 Å². The lowest BCUT2D eigenvalue weighted by Gasteiger charge is -1.99. The van der Waals surface area contributed by atoms with Gasteiger partial charge >= 0.3 is 5.63 Å². The van der Waals surface area contributed by atoms with Crippen molar-refractivity contribution in [1.82, 2.24) is 0 Å². The largest absolute Gasteiger partial charge is 0.431 e. The molecule has 0 amide bonds. The Hall–Kier alpha value is -1.83. The molecule has 0 bridgehead atoms. The molecule has 1 heterocycles. The van der Waals surface area contributed by atoms with Crippen LogP contribution in [0.4, 0.5) is 0 Å². The van der Waals surface area contributed by atoms with Gasteiger partial charge in [-0.1, -0.05) is 29.8 Å². The van der Waals surface area contributed by atoms with Gasteiger partial charge < -0.3 is 4.42 Å². The van der Waals surface area contributed by atoms with E-state index < -0.39 is 0 Å². The van der Waals surface area contributed by atoms with Gasteiger partial charge in [-0.2, -0.15) is 0 Å². The zero-order valence-electron chi connectivity index (χ0n) is 7.86. The van der Waals surface area contributed by atoms with Gasteiger partial charge in [-0.3, -0.25) is 0 Å². The highest BCUT2D eigenvalue weighted by atomic mass is 16.4. The molecule has 0 fully saturated rings. The van der Waals surface area contributed by atoms with Gasteiger partial charge in [0.15, 0.2) is 0 Å². The van der Waals surface area contributed by atoms with Crippen LogP contribution in [0.2, 0.25) is 0 Å². The number of hydrogen-bond acceptors (Lipinski definition) is 2. The topological polar surface area (TPSA) is 30.2 Å². The zero-order chi connectivity index (χ0) is 9.97. The van der Waals surface area contributed by atoms with Crippen molar-refractivity contribution in [2.45, 2.75) is 6.92 Å². The molecular formula is C12H10O2. The molecule has 0 aliphatic carbocycles. The fraction of sp³-hybridized carbons (Fsp3) is 0.0833. The third-order valence-corrected chi connectivity index (χ3v) is 2.09. The molecular weight excluding hydrogens is 176 g/mol. The standard InChI is InChI=1S/C12H10O2/c1-9-2-4-10(5-3-9)11-6-7-12(13)14-8-11/h2-8H,1H3. The second-order valence-corrected chi connectivity index (χ2v) is 3.21. The minimum Gasteiger partial charge on any atom is -0.431 e. The molecule has 0 saturated heterocycles. The Morgan fingerprint density at radius 2 is 1.57 bits per heavy atom. The lowest BCUT2D eigenvalue weighted by molar-refractivity contribution is 0.512. The SMILES string of the molecule is Cc1ccc(-c2ccc(=O)oc2)cc1. The Bertz CT molecular complexity index is 460. The van der Waals surface area contributed by atoms with Crippen molar-refractivity contribution in [3.05, 3.63) is 58.6 Å². The summed E-state index contributed by atoms with van der Waals surface area (Å²) in [4.78, 5) is 10.7. The second-order valence-electron chi connectivity index (χ2n) is 3.21. The summed E-state index contributed by atoms with van der Waals surface area (Å²) in [6.45, 7) is 2.04. The molecule has 2 aromatic rings. The van der Waals surface area contributed by atoms with E-state index in [-0.39, 0.29) is 5.63 Å². The van der Waals surface area contributed by atoms with Crippen LogP contribution in [0.3, 0.4) is 0 Å². The molecule has 0 N–H and O–H groups in total. The fourth-order valence-electron chi connectivity index (χ4n) is 1.27. The van der Waals surface area contributed by atoms with Gasteiger partial charge in [-0.25, -0.2) is 4.79 Å². The van der Waals surface area contributed by atoms with Crippen molar-refractivity contribution in [3.63, 3.8) is 0 Å². The van der Waals surface area contributed by atoms with Gasteiger partial charge in [0.2, 0.25) is 0 Å². The van der Waals surface area contributed by atoms with Crippen LogP contribution in [-0.2, 0) is 0 Å². The summed E-state index contributed by atoms with van der Waals surface area (Å²) < 4.78 is 4.79. The Balaban J connectivity index is 2.44. The van der Waals surface area contributed by atoms with Crippen molar-refractivity contribution >= 4 is 0 Å². The summed E-state index contributed by atoms with van der Waals surface area (Å²) in [7, 11) is 0. The van der Waals surface area contributed by atoms with E-state index in [0.29, 0.717) is 0 Å². The van der Waals surface area contributed by atoms with Crippen LogP contribution in [0.15, 0.2) is 51.9 Å². The van der Waals surface area contributed by atoms with Crippen molar-refractivity contribution in [1.29, 1.82) is 0 Å². The molecule has 14 heavy (non-hydrogen) atoms. The smallest absolute Gasteiger partial charge is 0.335 e. The van der Waals surface area contributed by atoms with Crippen LogP contribution in [0.5, 0.6) is 0 Å². The molecule has 0 radical (unpaired) electrons. The first-order valence-corrected chi connectivity index (χ1v) is 4.41. The summed E-state index contributed by atoms with van der Waals surface area (Å²) in [5.41, 5.74) is 2.87. The highest BCUT2D eigenvalue weighted by molar-refractivity contribution is 5.61. The minimum atomic E-state index is -0.319. The predicted molar refractivity (Wildman–Crippen MR) is 55.2 cm³/mol. The van der Waals surface area contributed by atoms with Crippen molar-refractivity contribution < 1.29 is 4.42 Å². The first-order chi connectivity index (χ1) is 6.75. The maximum Gasteiger partial charge on any atom is 0.335 e. The Morgan fingerprint density at radius 3 is 2.14 bits per heavy atom. The van der Waals surface area contributed by atoms with Crippen LogP contribution >= 0.6 is 0 Å². The zero-order valence-corrected chi connectivity index (χ0v) is 7.86. The van der Waals surface area contributed by atoms with Crippen LogP contribution in [0.25, 0.3) is 11.1 Å². The fourth-order valence-corrected chi connectivity index (χ4v) is 1.27. The molecule has 2 heteroatoms. The molecule has 2 rings (SSSR count). The number of aryl methyl sites for hydroxylation is 1. The van der Waals surface area contributed by atoms with Crippen LogP contribution in [0, 0.1) is 6.92 Å². The maximum atomic E-state index is 10.7. The van der Waals surface area contributed by atoms with E-state index in [1.165, 1.54) is 17.9 Å². The van der Waals surface area contributed by atoms with Crippen molar-refractivity contribution in [3.8, 4) is 11.1 Å². The third kappa shape index (κ3) is 1.74. The summed E-state index contributed by atoms with van der Waals surface area (Å²) in [5.74, 6) is 0. The molecule has 0 aliphatic rings. The summed E-state index contributed by atoms with van der Waals surface area (Å²) in [6.07, 6.45) is 1.48. The van der Waals surface area contributed by atoms with Gasteiger partial charge in [0.25, 0.3) is 0 Å². The van der Waals surface area contributed by atoms with E-state index in [0.717, 1.165) is 11.1 Å². The average Bonchev–Trinajstić information content (AvgIpc) is 2.21. The number of hydrogen-bond donors (Lipinski definition) is 0. The van der Waals surface area contributed by atoms with Gasteiger partial charge in [0, 0.05) is 11.6 Å². The number of benzene rings is 1. The van der Waals surface area contributed by atoms with E-state index >= 15 is 0 Å². The monoisotopic (exact) mass is 186 g/mol. The maximum absolute atomic E-state index is 10.7. The van der Waals surface area contributed by atoms with Crippen LogP contribution < -0.4 is 5.63 Å². The summed E-state index contributed by atoms with van der Waals surface area (Å²) in [5, 5.41) is 0. The molecule has 1 aromatic carbocycles. The van der Waals surface area contributed by atoms with E-state index in [2.05, 4.69) is 0 Å². The predicted octanol–water partition coefficient (Wildman–Crippen LogP) is 2.62. The van der Waals surface area contributed by atoms with E-state index in [4.69, 9.17) is 4.42 Å². The average molecular weight is 186 g/mol. The Morgan fingerprint density at radius 1 is 0.929 bits per heavy atom. The Kier molecular flexibility index (Phi) is 2.19. The lowest BCUT2D eigenvalue weighted by Crippen LogP contribution is -1.93. The lowest BCUT2D eigenvalue weighted by atomic mass is 10.1. The van der Waals surface area contributed by atoms with Gasteiger partial charge in [0.05, 0.1) is 0 Å². The highest BCUT2D eigenvalue weighted by Gasteiger charge is 1.97. The molecule has 2 nitrogen and oxygen atoms in total. The van der Waals surface area contributed by atoms with E-state index in [1.54, 1.807) is 6.07 Å². The number of rotatable bonds is 1. The second kappa shape index (κ2) is 3.50. The molecule has 0 spiro atoms. The first-order valence-electron chi connectivity index (χ1n) is 4.41. The summed E-state index contributed by atoms with van der Waals surface area (Å²) >= 11 is 0. The molecule has 70 valence electrons. The summed E-state index contributed by atoms with van der Waals surface area (Å²) in [6, 6.07) is 11.3. The molecule has 0 saturated carbocycles. The van der Waals surface area contributed by atoms with Gasteiger partial charge in [0.1, 0.15) is 6.26 Å². The van der Waals surface area contributed by atoms with Crippen molar-refractivity contribution in [2.24, 2.45) is 0 Å². The minimum absolute atomic E-state index is 0.319. The van der Waals surface area contributed by atoms with E-state index in [9.17, 15) is 4.79 Å². The van der Waals surface area contributed by atoms with Crippen molar-refractivity contribution in [2.75, 3.05) is 0 Å². The van der Waals surface area contributed by atoms with E-state index in [1.807, 2.05) is 31.2 Å². The normalized spacial score (nSPS) is 10.1. The molecule has 0 unspecified atom stereocenters.